The minimum absolute atomic E-state index is 0.202. The lowest BCUT2D eigenvalue weighted by Gasteiger charge is -2.22. The molecule has 1 aliphatic rings. The van der Waals surface area contributed by atoms with Crippen LogP contribution in [0.3, 0.4) is 0 Å². The van der Waals surface area contributed by atoms with E-state index in [2.05, 4.69) is 11.7 Å². The molecule has 0 aromatic heterocycles. The zero-order valence-electron chi connectivity index (χ0n) is 8.51. The van der Waals surface area contributed by atoms with E-state index in [1.807, 2.05) is 0 Å². The first kappa shape index (κ1) is 10.3. The van der Waals surface area contributed by atoms with Crippen LogP contribution in [0.5, 0.6) is 0 Å². The third-order valence-electron chi connectivity index (χ3n) is 2.76. The quantitative estimate of drug-likeness (QED) is 0.485. The molecule has 1 rings (SSSR count). The van der Waals surface area contributed by atoms with Crippen molar-refractivity contribution in [1.82, 2.24) is 0 Å². The topological polar surface area (TPSA) is 26.3 Å². The Morgan fingerprint density at radius 3 is 3.08 bits per heavy atom. The first-order valence-electron chi connectivity index (χ1n) is 5.03. The number of carbonyl (C=O) groups excluding carboxylic acids is 1. The van der Waals surface area contributed by atoms with E-state index in [-0.39, 0.29) is 5.97 Å². The van der Waals surface area contributed by atoms with Crippen LogP contribution >= 0.6 is 0 Å². The molecule has 0 aromatic carbocycles. The summed E-state index contributed by atoms with van der Waals surface area (Å²) >= 11 is 0. The molecule has 0 spiro atoms. The third kappa shape index (κ3) is 3.21. The number of methoxy groups -OCH3 is 1. The molecular formula is C11H18O2. The molecule has 13 heavy (non-hydrogen) atoms. The molecule has 1 fully saturated rings. The third-order valence-corrected chi connectivity index (χ3v) is 2.76. The maximum Gasteiger partial charge on any atom is 0.330 e. The summed E-state index contributed by atoms with van der Waals surface area (Å²) in [5, 5.41) is 0. The first-order chi connectivity index (χ1) is 6.26. The average Bonchev–Trinajstić information content (AvgIpc) is 2.18. The van der Waals surface area contributed by atoms with Gasteiger partial charge in [-0.05, 0) is 31.6 Å². The van der Waals surface area contributed by atoms with Crippen LogP contribution in [-0.4, -0.2) is 13.1 Å². The molecule has 0 heterocycles. The normalized spacial score (nSPS) is 26.0. The Morgan fingerprint density at radius 2 is 2.46 bits per heavy atom. The van der Waals surface area contributed by atoms with Gasteiger partial charge >= 0.3 is 5.97 Å². The Balaban J connectivity index is 2.50. The lowest BCUT2D eigenvalue weighted by atomic mass is 9.84. The Hall–Kier alpha value is -0.790. The molecule has 0 N–H and O–H groups in total. The van der Waals surface area contributed by atoms with E-state index < -0.39 is 0 Å². The summed E-state index contributed by atoms with van der Waals surface area (Å²) < 4.78 is 4.61. The molecule has 2 heteroatoms. The van der Waals surface area contributed by atoms with Gasteiger partial charge in [-0.15, -0.1) is 0 Å². The van der Waals surface area contributed by atoms with E-state index in [1.165, 1.54) is 31.9 Å². The summed E-state index contributed by atoms with van der Waals surface area (Å²) in [6.07, 6.45) is 7.59. The van der Waals surface area contributed by atoms with Gasteiger partial charge in [0, 0.05) is 6.08 Å². The van der Waals surface area contributed by atoms with Crippen molar-refractivity contribution in [2.45, 2.75) is 39.0 Å². The molecule has 1 unspecified atom stereocenters. The van der Waals surface area contributed by atoms with Crippen LogP contribution in [0.1, 0.15) is 39.0 Å². The van der Waals surface area contributed by atoms with Gasteiger partial charge in [0.2, 0.25) is 0 Å². The zero-order valence-corrected chi connectivity index (χ0v) is 8.51. The second-order valence-corrected chi connectivity index (χ2v) is 3.70. The molecule has 1 aliphatic carbocycles. The fourth-order valence-corrected chi connectivity index (χ4v) is 1.90. The number of allylic oxidation sites excluding steroid dienone is 1. The average molecular weight is 182 g/mol. The van der Waals surface area contributed by atoms with Crippen LogP contribution in [0, 0.1) is 5.92 Å². The summed E-state index contributed by atoms with van der Waals surface area (Å²) in [7, 11) is 1.43. The van der Waals surface area contributed by atoms with Gasteiger partial charge in [0.1, 0.15) is 0 Å². The van der Waals surface area contributed by atoms with Crippen molar-refractivity contribution in [3.8, 4) is 0 Å². The lowest BCUT2D eigenvalue weighted by molar-refractivity contribution is -0.134. The van der Waals surface area contributed by atoms with Crippen molar-refractivity contribution in [3.63, 3.8) is 0 Å². The van der Waals surface area contributed by atoms with E-state index >= 15 is 0 Å². The summed E-state index contributed by atoms with van der Waals surface area (Å²) in [6.45, 7) is 2.21. The molecule has 2 nitrogen and oxygen atoms in total. The summed E-state index contributed by atoms with van der Waals surface area (Å²) in [5.41, 5.74) is 1.27. The van der Waals surface area contributed by atoms with Crippen LogP contribution in [0.15, 0.2) is 11.6 Å². The molecule has 0 bridgehead atoms. The van der Waals surface area contributed by atoms with Crippen molar-refractivity contribution in [3.05, 3.63) is 11.6 Å². The Bertz CT molecular complexity index is 206. The molecule has 1 atom stereocenters. The molecule has 74 valence electrons. The van der Waals surface area contributed by atoms with E-state index in [9.17, 15) is 4.79 Å². The highest BCUT2D eigenvalue weighted by molar-refractivity contribution is 5.82. The van der Waals surface area contributed by atoms with E-state index in [0.717, 1.165) is 18.8 Å². The number of hydrogen-bond acceptors (Lipinski definition) is 2. The Morgan fingerprint density at radius 1 is 1.69 bits per heavy atom. The molecule has 0 saturated heterocycles. The highest BCUT2D eigenvalue weighted by Crippen LogP contribution is 2.30. The smallest absolute Gasteiger partial charge is 0.330 e. The highest BCUT2D eigenvalue weighted by Gasteiger charge is 2.15. The van der Waals surface area contributed by atoms with Crippen LogP contribution < -0.4 is 0 Å². The fraction of sp³-hybridized carbons (Fsp3) is 0.727. The number of carbonyl (C=O) groups is 1. The molecule has 0 radical (unpaired) electrons. The number of esters is 1. The first-order valence-corrected chi connectivity index (χ1v) is 5.03. The molecule has 0 aromatic rings. The van der Waals surface area contributed by atoms with Crippen molar-refractivity contribution < 1.29 is 9.53 Å². The Kier molecular flexibility index (Phi) is 4.00. The van der Waals surface area contributed by atoms with Crippen molar-refractivity contribution in [2.75, 3.05) is 7.11 Å². The molecular weight excluding hydrogens is 164 g/mol. The van der Waals surface area contributed by atoms with Crippen LogP contribution in [0.4, 0.5) is 0 Å². The van der Waals surface area contributed by atoms with Crippen LogP contribution in [0.2, 0.25) is 0 Å². The standard InChI is InChI=1S/C11H18O2/c1-3-9-5-4-6-10(7-9)8-11(12)13-2/h8-9H,3-7H2,1-2H3. The Labute approximate surface area is 80.0 Å². The van der Waals surface area contributed by atoms with Crippen LogP contribution in [-0.2, 0) is 9.53 Å². The van der Waals surface area contributed by atoms with E-state index in [1.54, 1.807) is 6.08 Å². The summed E-state index contributed by atoms with van der Waals surface area (Å²) in [4.78, 5) is 11.0. The highest BCUT2D eigenvalue weighted by atomic mass is 16.5. The fourth-order valence-electron chi connectivity index (χ4n) is 1.90. The van der Waals surface area contributed by atoms with Crippen molar-refractivity contribution in [1.29, 1.82) is 0 Å². The molecule has 0 aliphatic heterocycles. The van der Waals surface area contributed by atoms with Gasteiger partial charge in [-0.1, -0.05) is 18.9 Å². The molecule has 1 saturated carbocycles. The number of hydrogen-bond donors (Lipinski definition) is 0. The second-order valence-electron chi connectivity index (χ2n) is 3.70. The summed E-state index contributed by atoms with van der Waals surface area (Å²) in [5.74, 6) is 0.580. The lowest BCUT2D eigenvalue weighted by Crippen LogP contribution is -2.09. The number of rotatable bonds is 2. The monoisotopic (exact) mass is 182 g/mol. The van der Waals surface area contributed by atoms with Gasteiger partial charge in [-0.2, -0.15) is 0 Å². The van der Waals surface area contributed by atoms with Crippen molar-refractivity contribution in [2.24, 2.45) is 5.92 Å². The van der Waals surface area contributed by atoms with E-state index in [0.29, 0.717) is 0 Å². The predicted molar refractivity (Wildman–Crippen MR) is 52.3 cm³/mol. The van der Waals surface area contributed by atoms with Crippen LogP contribution in [0.25, 0.3) is 0 Å². The van der Waals surface area contributed by atoms with E-state index in [4.69, 9.17) is 0 Å². The predicted octanol–water partition coefficient (Wildman–Crippen LogP) is 2.69. The summed E-state index contributed by atoms with van der Waals surface area (Å²) in [6, 6.07) is 0. The van der Waals surface area contributed by atoms with Gasteiger partial charge in [0.25, 0.3) is 0 Å². The molecule has 0 amide bonds. The zero-order chi connectivity index (χ0) is 9.68. The van der Waals surface area contributed by atoms with Gasteiger partial charge < -0.3 is 4.74 Å². The maximum atomic E-state index is 11.0. The maximum absolute atomic E-state index is 11.0. The van der Waals surface area contributed by atoms with Gasteiger partial charge in [-0.25, -0.2) is 4.79 Å². The van der Waals surface area contributed by atoms with Gasteiger partial charge in [0.05, 0.1) is 7.11 Å². The second kappa shape index (κ2) is 5.05. The van der Waals surface area contributed by atoms with Gasteiger partial charge in [-0.3, -0.25) is 0 Å². The van der Waals surface area contributed by atoms with Crippen molar-refractivity contribution >= 4 is 5.97 Å². The van der Waals surface area contributed by atoms with Gasteiger partial charge in [0.15, 0.2) is 0 Å². The minimum atomic E-state index is -0.202. The minimum Gasteiger partial charge on any atom is -0.466 e. The SMILES string of the molecule is CCC1CCCC(=CC(=O)OC)C1. The number of ether oxygens (including phenoxy) is 1. The largest absolute Gasteiger partial charge is 0.466 e.